The molecule has 96 valence electrons. The largest absolute Gasteiger partial charge is 0.335 e. The van der Waals surface area contributed by atoms with Gasteiger partial charge in [-0.2, -0.15) is 0 Å². The number of likely N-dealkylation sites (tertiary alicyclic amines) is 2. The van der Waals surface area contributed by atoms with Gasteiger partial charge >= 0.3 is 6.03 Å². The first-order chi connectivity index (χ1) is 8.24. The van der Waals surface area contributed by atoms with E-state index in [0.717, 1.165) is 19.5 Å². The van der Waals surface area contributed by atoms with Gasteiger partial charge in [0, 0.05) is 25.2 Å². The van der Waals surface area contributed by atoms with Crippen LogP contribution in [-0.2, 0) is 0 Å². The van der Waals surface area contributed by atoms with Crippen molar-refractivity contribution in [2.75, 3.05) is 26.7 Å². The summed E-state index contributed by atoms with van der Waals surface area (Å²) < 4.78 is 0. The number of nitrogens with zero attached hydrogens (tertiary/aromatic N) is 2. The Balaban J connectivity index is 1.57. The Hall–Kier alpha value is -0.770. The normalized spacial score (nSPS) is 34.3. The average molecular weight is 237 g/mol. The lowest BCUT2D eigenvalue weighted by Crippen LogP contribution is -2.55. The number of piperidine rings is 2. The molecule has 0 bridgehead atoms. The highest BCUT2D eigenvalue weighted by atomic mass is 16.2. The summed E-state index contributed by atoms with van der Waals surface area (Å²) in [5.74, 6) is 0.701. The van der Waals surface area contributed by atoms with E-state index in [2.05, 4.69) is 17.3 Å². The standard InChI is InChI=1S/C13H23N3O/c1-15-7-2-3-10-9-16(8-6-12(10)15)13(17)14-11-4-5-11/h10-12H,2-9H2,1H3,(H,14,17). The molecule has 2 amide bonds. The molecule has 2 aliphatic heterocycles. The van der Waals surface area contributed by atoms with E-state index in [1.54, 1.807) is 0 Å². The third-order valence-electron chi connectivity index (χ3n) is 4.54. The maximum absolute atomic E-state index is 12.0. The van der Waals surface area contributed by atoms with Gasteiger partial charge in [0.25, 0.3) is 0 Å². The predicted octanol–water partition coefficient (Wildman–Crippen LogP) is 1.27. The summed E-state index contributed by atoms with van der Waals surface area (Å²) in [5.41, 5.74) is 0. The van der Waals surface area contributed by atoms with Crippen molar-refractivity contribution in [3.05, 3.63) is 0 Å². The summed E-state index contributed by atoms with van der Waals surface area (Å²) >= 11 is 0. The summed E-state index contributed by atoms with van der Waals surface area (Å²) in [6.07, 6.45) is 6.08. The zero-order valence-electron chi connectivity index (χ0n) is 10.7. The highest BCUT2D eigenvalue weighted by Gasteiger charge is 2.36. The molecule has 2 atom stereocenters. The summed E-state index contributed by atoms with van der Waals surface area (Å²) in [6, 6.07) is 1.38. The van der Waals surface area contributed by atoms with Gasteiger partial charge < -0.3 is 15.1 Å². The molecule has 0 aromatic rings. The predicted molar refractivity (Wildman–Crippen MR) is 66.9 cm³/mol. The molecule has 4 nitrogen and oxygen atoms in total. The number of urea groups is 1. The van der Waals surface area contributed by atoms with Crippen LogP contribution in [0.1, 0.15) is 32.1 Å². The molecule has 0 aromatic heterocycles. The molecular weight excluding hydrogens is 214 g/mol. The molecule has 3 rings (SSSR count). The summed E-state index contributed by atoms with van der Waals surface area (Å²) in [5, 5.41) is 3.10. The molecule has 3 fully saturated rings. The second-order valence-electron chi connectivity index (χ2n) is 5.91. The van der Waals surface area contributed by atoms with Crippen molar-refractivity contribution in [3.8, 4) is 0 Å². The van der Waals surface area contributed by atoms with E-state index < -0.39 is 0 Å². The van der Waals surface area contributed by atoms with Crippen LogP contribution in [0.15, 0.2) is 0 Å². The first kappa shape index (κ1) is 11.3. The van der Waals surface area contributed by atoms with Crippen LogP contribution in [0.2, 0.25) is 0 Å². The van der Waals surface area contributed by atoms with E-state index in [1.807, 2.05) is 4.90 Å². The Morgan fingerprint density at radius 1 is 1.18 bits per heavy atom. The van der Waals surface area contributed by atoms with Crippen LogP contribution in [0.3, 0.4) is 0 Å². The van der Waals surface area contributed by atoms with Crippen molar-refractivity contribution in [2.24, 2.45) is 5.92 Å². The lowest BCUT2D eigenvalue weighted by atomic mass is 9.84. The van der Waals surface area contributed by atoms with Gasteiger partial charge in [0.05, 0.1) is 0 Å². The van der Waals surface area contributed by atoms with Crippen LogP contribution in [0.5, 0.6) is 0 Å². The average Bonchev–Trinajstić information content (AvgIpc) is 3.13. The molecule has 1 aliphatic carbocycles. The van der Waals surface area contributed by atoms with Crippen molar-refractivity contribution >= 4 is 6.03 Å². The molecule has 2 heterocycles. The van der Waals surface area contributed by atoms with E-state index in [-0.39, 0.29) is 6.03 Å². The van der Waals surface area contributed by atoms with Gasteiger partial charge in [0.1, 0.15) is 0 Å². The summed E-state index contributed by atoms with van der Waals surface area (Å²) in [4.78, 5) is 16.5. The number of amides is 2. The number of rotatable bonds is 1. The topological polar surface area (TPSA) is 35.6 Å². The van der Waals surface area contributed by atoms with Crippen LogP contribution >= 0.6 is 0 Å². The smallest absolute Gasteiger partial charge is 0.317 e. The zero-order valence-corrected chi connectivity index (χ0v) is 10.7. The quantitative estimate of drug-likeness (QED) is 0.745. The number of carbonyl (C=O) groups is 1. The van der Waals surface area contributed by atoms with E-state index in [9.17, 15) is 4.79 Å². The number of hydrogen-bond acceptors (Lipinski definition) is 2. The molecule has 2 unspecified atom stereocenters. The fourth-order valence-corrected chi connectivity index (χ4v) is 3.33. The van der Waals surface area contributed by atoms with Crippen LogP contribution in [0.4, 0.5) is 4.79 Å². The van der Waals surface area contributed by atoms with Crippen molar-refractivity contribution in [1.29, 1.82) is 0 Å². The number of nitrogens with one attached hydrogen (secondary N) is 1. The molecule has 0 aromatic carbocycles. The molecular formula is C13H23N3O. The summed E-state index contributed by atoms with van der Waals surface area (Å²) in [6.45, 7) is 3.13. The maximum Gasteiger partial charge on any atom is 0.317 e. The van der Waals surface area contributed by atoms with Crippen molar-refractivity contribution in [3.63, 3.8) is 0 Å². The summed E-state index contributed by atoms with van der Waals surface area (Å²) in [7, 11) is 2.23. The van der Waals surface area contributed by atoms with Crippen molar-refractivity contribution < 1.29 is 4.79 Å². The number of carbonyl (C=O) groups excluding carboxylic acids is 1. The Kier molecular flexibility index (Phi) is 2.99. The second kappa shape index (κ2) is 4.48. The van der Waals surface area contributed by atoms with Gasteiger partial charge in [-0.15, -0.1) is 0 Å². The first-order valence-corrected chi connectivity index (χ1v) is 7.00. The monoisotopic (exact) mass is 237 g/mol. The van der Waals surface area contributed by atoms with Crippen LogP contribution in [0, 0.1) is 5.92 Å². The van der Waals surface area contributed by atoms with Crippen LogP contribution in [0.25, 0.3) is 0 Å². The Morgan fingerprint density at radius 3 is 2.76 bits per heavy atom. The zero-order chi connectivity index (χ0) is 11.8. The van der Waals surface area contributed by atoms with Gasteiger partial charge in [-0.05, 0) is 51.6 Å². The van der Waals surface area contributed by atoms with E-state index in [1.165, 1.54) is 32.2 Å². The molecule has 0 spiro atoms. The minimum Gasteiger partial charge on any atom is -0.335 e. The van der Waals surface area contributed by atoms with Crippen LogP contribution < -0.4 is 5.32 Å². The van der Waals surface area contributed by atoms with Gasteiger partial charge in [0.2, 0.25) is 0 Å². The minimum absolute atomic E-state index is 0.180. The van der Waals surface area contributed by atoms with Crippen LogP contribution in [-0.4, -0.2) is 54.6 Å². The van der Waals surface area contributed by atoms with E-state index in [4.69, 9.17) is 0 Å². The van der Waals surface area contributed by atoms with Gasteiger partial charge in [0.15, 0.2) is 0 Å². The van der Waals surface area contributed by atoms with Gasteiger partial charge in [-0.25, -0.2) is 4.79 Å². The highest BCUT2D eigenvalue weighted by Crippen LogP contribution is 2.29. The third-order valence-corrected chi connectivity index (χ3v) is 4.54. The second-order valence-corrected chi connectivity index (χ2v) is 5.91. The fraction of sp³-hybridized carbons (Fsp3) is 0.923. The highest BCUT2D eigenvalue weighted by molar-refractivity contribution is 5.75. The van der Waals surface area contributed by atoms with Gasteiger partial charge in [-0.1, -0.05) is 0 Å². The Bertz CT molecular complexity index is 303. The lowest BCUT2D eigenvalue weighted by molar-refractivity contribution is 0.0515. The molecule has 0 radical (unpaired) electrons. The molecule has 4 heteroatoms. The molecule has 2 saturated heterocycles. The fourth-order valence-electron chi connectivity index (χ4n) is 3.33. The molecule has 17 heavy (non-hydrogen) atoms. The number of hydrogen-bond donors (Lipinski definition) is 1. The molecule has 1 saturated carbocycles. The first-order valence-electron chi connectivity index (χ1n) is 7.00. The van der Waals surface area contributed by atoms with E-state index in [0.29, 0.717) is 18.0 Å². The van der Waals surface area contributed by atoms with Crippen molar-refractivity contribution in [1.82, 2.24) is 15.1 Å². The molecule has 3 aliphatic rings. The van der Waals surface area contributed by atoms with Gasteiger partial charge in [-0.3, -0.25) is 0 Å². The maximum atomic E-state index is 12.0. The van der Waals surface area contributed by atoms with Crippen molar-refractivity contribution in [2.45, 2.75) is 44.2 Å². The SMILES string of the molecule is CN1CCCC2CN(C(=O)NC3CC3)CCC21. The third kappa shape index (κ3) is 2.41. The van der Waals surface area contributed by atoms with E-state index >= 15 is 0 Å². The Labute approximate surface area is 103 Å². The number of fused-ring (bicyclic) bond motifs is 1. The lowest BCUT2D eigenvalue weighted by Gasteiger charge is -2.45. The Morgan fingerprint density at radius 2 is 2.00 bits per heavy atom. The molecule has 1 N–H and O–H groups in total. The minimum atomic E-state index is 0.180.